The van der Waals surface area contributed by atoms with Crippen LogP contribution < -0.4 is 0 Å². The molecule has 1 unspecified atom stereocenters. The van der Waals surface area contributed by atoms with Gasteiger partial charge in [0.15, 0.2) is 0 Å². The molecule has 2 heterocycles. The average Bonchev–Trinajstić information content (AvgIpc) is 3.07. The molecule has 1 fully saturated rings. The number of carboxylic acid groups (broad SMARTS) is 1. The van der Waals surface area contributed by atoms with Gasteiger partial charge in [0, 0.05) is 26.1 Å². The van der Waals surface area contributed by atoms with Gasteiger partial charge < -0.3 is 10.0 Å². The van der Waals surface area contributed by atoms with Crippen LogP contribution in [0.15, 0.2) is 24.3 Å². The first-order valence-electron chi connectivity index (χ1n) is 8.46. The Morgan fingerprint density at radius 3 is 2.52 bits per heavy atom. The van der Waals surface area contributed by atoms with Gasteiger partial charge in [-0.3, -0.25) is 14.5 Å². The van der Waals surface area contributed by atoms with Crippen molar-refractivity contribution >= 4 is 11.9 Å². The number of amides is 1. The van der Waals surface area contributed by atoms with Crippen LogP contribution in [-0.4, -0.2) is 52.5 Å². The molecule has 1 atom stereocenters. The summed E-state index contributed by atoms with van der Waals surface area (Å²) in [6.45, 7) is 3.12. The number of carboxylic acids is 1. The van der Waals surface area contributed by atoms with Gasteiger partial charge in [0.1, 0.15) is 0 Å². The van der Waals surface area contributed by atoms with E-state index in [1.807, 2.05) is 17.0 Å². The SMILES string of the molecule is O=C(O)CCCN1Cc2ccccc2CC1C(=O)N1CCCC1. The first-order valence-corrected chi connectivity index (χ1v) is 8.46. The van der Waals surface area contributed by atoms with Crippen LogP contribution in [0.5, 0.6) is 0 Å². The van der Waals surface area contributed by atoms with E-state index < -0.39 is 5.97 Å². The van der Waals surface area contributed by atoms with Crippen LogP contribution in [0.25, 0.3) is 0 Å². The van der Waals surface area contributed by atoms with Crippen LogP contribution in [0, 0.1) is 0 Å². The van der Waals surface area contributed by atoms with Gasteiger partial charge in [0.2, 0.25) is 5.91 Å². The number of nitrogens with zero attached hydrogens (tertiary/aromatic N) is 2. The molecule has 2 aliphatic rings. The van der Waals surface area contributed by atoms with Gasteiger partial charge in [-0.15, -0.1) is 0 Å². The molecule has 0 saturated carbocycles. The maximum absolute atomic E-state index is 12.9. The van der Waals surface area contributed by atoms with Crippen molar-refractivity contribution in [3.8, 4) is 0 Å². The van der Waals surface area contributed by atoms with Crippen LogP contribution in [0.2, 0.25) is 0 Å². The zero-order chi connectivity index (χ0) is 16.2. The van der Waals surface area contributed by atoms with Crippen molar-refractivity contribution in [2.24, 2.45) is 0 Å². The second-order valence-corrected chi connectivity index (χ2v) is 6.49. The van der Waals surface area contributed by atoms with Crippen molar-refractivity contribution < 1.29 is 14.7 Å². The van der Waals surface area contributed by atoms with E-state index >= 15 is 0 Å². The van der Waals surface area contributed by atoms with Crippen LogP contribution in [-0.2, 0) is 22.6 Å². The molecule has 0 spiro atoms. The summed E-state index contributed by atoms with van der Waals surface area (Å²) in [5.74, 6) is -0.558. The first-order chi connectivity index (χ1) is 11.1. The van der Waals surface area contributed by atoms with Gasteiger partial charge in [0.05, 0.1) is 6.04 Å². The largest absolute Gasteiger partial charge is 0.481 e. The molecule has 2 aliphatic heterocycles. The summed E-state index contributed by atoms with van der Waals surface area (Å²) in [6, 6.07) is 8.12. The fourth-order valence-electron chi connectivity index (χ4n) is 3.64. The van der Waals surface area contributed by atoms with E-state index in [1.165, 1.54) is 11.1 Å². The van der Waals surface area contributed by atoms with Crippen LogP contribution in [0.1, 0.15) is 36.8 Å². The van der Waals surface area contributed by atoms with Crippen molar-refractivity contribution in [2.75, 3.05) is 19.6 Å². The van der Waals surface area contributed by atoms with E-state index in [2.05, 4.69) is 17.0 Å². The molecule has 1 aromatic rings. The number of hydrogen-bond donors (Lipinski definition) is 1. The van der Waals surface area contributed by atoms with E-state index in [0.29, 0.717) is 13.0 Å². The topological polar surface area (TPSA) is 60.9 Å². The highest BCUT2D eigenvalue weighted by atomic mass is 16.4. The number of rotatable bonds is 5. The lowest BCUT2D eigenvalue weighted by Gasteiger charge is -2.37. The average molecular weight is 316 g/mol. The Kier molecular flexibility index (Phi) is 4.96. The lowest BCUT2D eigenvalue weighted by Crippen LogP contribution is -2.51. The second kappa shape index (κ2) is 7.13. The van der Waals surface area contributed by atoms with Crippen LogP contribution in [0.4, 0.5) is 0 Å². The van der Waals surface area contributed by atoms with Crippen molar-refractivity contribution in [2.45, 2.75) is 44.7 Å². The van der Waals surface area contributed by atoms with E-state index in [0.717, 1.165) is 38.9 Å². The molecule has 0 radical (unpaired) electrons. The maximum Gasteiger partial charge on any atom is 0.303 e. The molecule has 124 valence electrons. The molecule has 1 saturated heterocycles. The fourth-order valence-corrected chi connectivity index (χ4v) is 3.64. The van der Waals surface area contributed by atoms with E-state index in [1.54, 1.807) is 0 Å². The van der Waals surface area contributed by atoms with E-state index in [9.17, 15) is 9.59 Å². The van der Waals surface area contributed by atoms with Crippen molar-refractivity contribution in [1.82, 2.24) is 9.80 Å². The van der Waals surface area contributed by atoms with Crippen LogP contribution in [0.3, 0.4) is 0 Å². The zero-order valence-corrected chi connectivity index (χ0v) is 13.4. The second-order valence-electron chi connectivity index (χ2n) is 6.49. The smallest absolute Gasteiger partial charge is 0.303 e. The maximum atomic E-state index is 12.9. The molecule has 1 aromatic carbocycles. The Balaban J connectivity index is 1.74. The normalized spacial score (nSPS) is 21.2. The summed E-state index contributed by atoms with van der Waals surface area (Å²) in [5.41, 5.74) is 2.51. The Labute approximate surface area is 136 Å². The standard InChI is InChI=1S/C18H24N2O3/c21-17(22)8-5-11-20-13-15-7-2-1-6-14(15)12-16(20)18(23)19-9-3-4-10-19/h1-2,6-7,16H,3-5,8-13H2,(H,21,22). The molecule has 5 nitrogen and oxygen atoms in total. The summed E-state index contributed by atoms with van der Waals surface area (Å²) in [7, 11) is 0. The van der Waals surface area contributed by atoms with Gasteiger partial charge >= 0.3 is 5.97 Å². The molecular weight excluding hydrogens is 292 g/mol. The highest BCUT2D eigenvalue weighted by molar-refractivity contribution is 5.83. The minimum absolute atomic E-state index is 0.142. The van der Waals surface area contributed by atoms with Crippen molar-refractivity contribution in [3.05, 3.63) is 35.4 Å². The monoisotopic (exact) mass is 316 g/mol. The van der Waals surface area contributed by atoms with Gasteiger partial charge in [0.25, 0.3) is 0 Å². The Morgan fingerprint density at radius 1 is 1.13 bits per heavy atom. The fraction of sp³-hybridized carbons (Fsp3) is 0.556. The molecule has 1 amide bonds. The predicted molar refractivity (Wildman–Crippen MR) is 87.0 cm³/mol. The minimum atomic E-state index is -0.773. The molecule has 0 aromatic heterocycles. The summed E-state index contributed by atoms with van der Waals surface area (Å²) < 4.78 is 0. The summed E-state index contributed by atoms with van der Waals surface area (Å²) in [5, 5.41) is 8.85. The molecule has 1 N–H and O–H groups in total. The lowest BCUT2D eigenvalue weighted by atomic mass is 9.93. The number of aliphatic carboxylic acids is 1. The number of carbonyl (C=O) groups excluding carboxylic acids is 1. The quantitative estimate of drug-likeness (QED) is 0.901. The van der Waals surface area contributed by atoms with Crippen LogP contribution >= 0.6 is 0 Å². The Morgan fingerprint density at radius 2 is 1.83 bits per heavy atom. The third-order valence-electron chi connectivity index (χ3n) is 4.88. The molecule has 0 bridgehead atoms. The number of hydrogen-bond acceptors (Lipinski definition) is 3. The Bertz CT molecular complexity index is 581. The molecule has 0 aliphatic carbocycles. The number of likely N-dealkylation sites (tertiary alicyclic amines) is 1. The number of fused-ring (bicyclic) bond motifs is 1. The molecular formula is C18H24N2O3. The number of benzene rings is 1. The van der Waals surface area contributed by atoms with Crippen molar-refractivity contribution in [1.29, 1.82) is 0 Å². The predicted octanol–water partition coefficient (Wildman–Crippen LogP) is 1.90. The van der Waals surface area contributed by atoms with Gasteiger partial charge in [-0.05, 0) is 43.4 Å². The highest BCUT2D eigenvalue weighted by Gasteiger charge is 2.34. The molecule has 5 heteroatoms. The molecule has 23 heavy (non-hydrogen) atoms. The summed E-state index contributed by atoms with van der Waals surface area (Å²) >= 11 is 0. The third-order valence-corrected chi connectivity index (χ3v) is 4.88. The van der Waals surface area contributed by atoms with Crippen molar-refractivity contribution in [3.63, 3.8) is 0 Å². The van der Waals surface area contributed by atoms with Gasteiger partial charge in [-0.25, -0.2) is 0 Å². The summed E-state index contributed by atoms with van der Waals surface area (Å²) in [4.78, 5) is 27.8. The lowest BCUT2D eigenvalue weighted by molar-refractivity contribution is -0.137. The highest BCUT2D eigenvalue weighted by Crippen LogP contribution is 2.25. The zero-order valence-electron chi connectivity index (χ0n) is 13.4. The first kappa shape index (κ1) is 16.0. The summed E-state index contributed by atoms with van der Waals surface area (Å²) in [6.07, 6.45) is 3.66. The van der Waals surface area contributed by atoms with Gasteiger partial charge in [-0.2, -0.15) is 0 Å². The van der Waals surface area contributed by atoms with Gasteiger partial charge in [-0.1, -0.05) is 24.3 Å². The third kappa shape index (κ3) is 3.72. The number of carbonyl (C=O) groups is 2. The molecule has 3 rings (SSSR count). The van der Waals surface area contributed by atoms with E-state index in [-0.39, 0.29) is 18.4 Å². The minimum Gasteiger partial charge on any atom is -0.481 e. The van der Waals surface area contributed by atoms with E-state index in [4.69, 9.17) is 5.11 Å². The Hall–Kier alpha value is -1.88.